The van der Waals surface area contributed by atoms with Crippen LogP contribution in [0.1, 0.15) is 28.2 Å². The molecule has 0 saturated heterocycles. The van der Waals surface area contributed by atoms with Gasteiger partial charge in [-0.2, -0.15) is 5.26 Å². The summed E-state index contributed by atoms with van der Waals surface area (Å²) in [6.07, 6.45) is 0.0902. The Morgan fingerprint density at radius 3 is 2.00 bits per heavy atom. The van der Waals surface area contributed by atoms with Crippen molar-refractivity contribution in [2.24, 2.45) is 0 Å². The summed E-state index contributed by atoms with van der Waals surface area (Å²) in [5.74, 6) is -2.13. The molecule has 1 amide bonds. The van der Waals surface area contributed by atoms with E-state index in [1.807, 2.05) is 66.7 Å². The number of benzene rings is 3. The number of amides is 1. The summed E-state index contributed by atoms with van der Waals surface area (Å²) in [6.45, 7) is 0. The molecule has 0 aliphatic rings. The molecule has 0 aliphatic heterocycles. The molecule has 0 heterocycles. The molecule has 3 aromatic rings. The van der Waals surface area contributed by atoms with E-state index in [1.54, 1.807) is 24.3 Å². The number of hydrogen-bond acceptors (Lipinski definition) is 3. The Kier molecular flexibility index (Phi) is 6.39. The fourth-order valence-electron chi connectivity index (χ4n) is 3.24. The first kappa shape index (κ1) is 19.8. The van der Waals surface area contributed by atoms with Crippen LogP contribution < -0.4 is 5.32 Å². The number of rotatable bonds is 7. The van der Waals surface area contributed by atoms with E-state index in [2.05, 4.69) is 5.32 Å². The summed E-state index contributed by atoms with van der Waals surface area (Å²) in [5, 5.41) is 21.4. The predicted molar refractivity (Wildman–Crippen MR) is 109 cm³/mol. The maximum Gasteiger partial charge on any atom is 0.326 e. The number of nitriles is 1. The van der Waals surface area contributed by atoms with Crippen LogP contribution in [0.15, 0.2) is 84.9 Å². The van der Waals surface area contributed by atoms with Gasteiger partial charge in [0.15, 0.2) is 0 Å². The van der Waals surface area contributed by atoms with Gasteiger partial charge in [-0.3, -0.25) is 4.79 Å². The van der Waals surface area contributed by atoms with E-state index >= 15 is 0 Å². The Morgan fingerprint density at radius 1 is 0.897 bits per heavy atom. The molecule has 0 aromatic heterocycles. The summed E-state index contributed by atoms with van der Waals surface area (Å²) in [7, 11) is 0. The first-order valence-electron chi connectivity index (χ1n) is 9.20. The number of carbonyl (C=O) groups is 2. The molecular formula is C24H20N2O3. The normalized spacial score (nSPS) is 11.4. The topological polar surface area (TPSA) is 90.2 Å². The Bertz CT molecular complexity index is 987. The van der Waals surface area contributed by atoms with Crippen molar-refractivity contribution >= 4 is 11.9 Å². The van der Waals surface area contributed by atoms with Crippen LogP contribution >= 0.6 is 0 Å². The summed E-state index contributed by atoms with van der Waals surface area (Å²) >= 11 is 0. The van der Waals surface area contributed by atoms with Gasteiger partial charge in [0.05, 0.1) is 17.6 Å². The Balaban J connectivity index is 1.86. The Morgan fingerprint density at radius 2 is 1.48 bits per heavy atom. The van der Waals surface area contributed by atoms with E-state index in [0.717, 1.165) is 11.1 Å². The minimum absolute atomic E-state index is 0.0902. The lowest BCUT2D eigenvalue weighted by atomic mass is 9.90. The van der Waals surface area contributed by atoms with Gasteiger partial charge in [0.2, 0.25) is 5.91 Å². The number of aliphatic carboxylic acids is 1. The summed E-state index contributed by atoms with van der Waals surface area (Å²) in [5.41, 5.74) is 2.69. The molecule has 0 spiro atoms. The molecule has 1 atom stereocenters. The lowest BCUT2D eigenvalue weighted by Crippen LogP contribution is -2.44. The molecule has 0 aliphatic carbocycles. The zero-order chi connectivity index (χ0) is 20.6. The number of nitrogens with zero attached hydrogens (tertiary/aromatic N) is 1. The highest BCUT2D eigenvalue weighted by Gasteiger charge is 2.27. The zero-order valence-electron chi connectivity index (χ0n) is 15.7. The van der Waals surface area contributed by atoms with Gasteiger partial charge < -0.3 is 10.4 Å². The minimum Gasteiger partial charge on any atom is -0.480 e. The highest BCUT2D eigenvalue weighted by Crippen LogP contribution is 2.25. The second-order valence-electron chi connectivity index (χ2n) is 6.67. The maximum atomic E-state index is 13.1. The molecule has 0 bridgehead atoms. The van der Waals surface area contributed by atoms with Crippen LogP contribution in [0.4, 0.5) is 0 Å². The predicted octanol–water partition coefficient (Wildman–Crippen LogP) is 3.50. The molecule has 0 saturated carbocycles. The Hall–Kier alpha value is -3.91. The van der Waals surface area contributed by atoms with Crippen LogP contribution in [0, 0.1) is 11.3 Å². The highest BCUT2D eigenvalue weighted by atomic mass is 16.4. The fraction of sp³-hybridized carbons (Fsp3) is 0.125. The van der Waals surface area contributed by atoms with E-state index in [4.69, 9.17) is 5.26 Å². The molecule has 3 rings (SSSR count). The Labute approximate surface area is 169 Å². The zero-order valence-corrected chi connectivity index (χ0v) is 15.7. The fourth-order valence-corrected chi connectivity index (χ4v) is 3.24. The number of nitrogens with one attached hydrogen (secondary N) is 1. The first-order chi connectivity index (χ1) is 14.1. The summed E-state index contributed by atoms with van der Waals surface area (Å²) in [6, 6.07) is 26.2. The van der Waals surface area contributed by atoms with Gasteiger partial charge >= 0.3 is 5.97 Å². The van der Waals surface area contributed by atoms with Gasteiger partial charge in [-0.05, 0) is 28.8 Å². The van der Waals surface area contributed by atoms with Crippen molar-refractivity contribution in [1.82, 2.24) is 5.32 Å². The van der Waals surface area contributed by atoms with Crippen LogP contribution in [-0.4, -0.2) is 23.0 Å². The molecule has 5 nitrogen and oxygen atoms in total. The van der Waals surface area contributed by atoms with E-state index in [9.17, 15) is 14.7 Å². The van der Waals surface area contributed by atoms with E-state index in [1.165, 1.54) is 0 Å². The van der Waals surface area contributed by atoms with E-state index in [-0.39, 0.29) is 12.3 Å². The molecule has 29 heavy (non-hydrogen) atoms. The molecule has 3 aromatic carbocycles. The third-order valence-corrected chi connectivity index (χ3v) is 4.64. The first-order valence-corrected chi connectivity index (χ1v) is 9.20. The largest absolute Gasteiger partial charge is 0.480 e. The van der Waals surface area contributed by atoms with Gasteiger partial charge in [0, 0.05) is 6.42 Å². The number of carboxylic acids is 1. The third kappa shape index (κ3) is 5.08. The highest BCUT2D eigenvalue weighted by molar-refractivity contribution is 5.90. The minimum atomic E-state index is -1.12. The van der Waals surface area contributed by atoms with Gasteiger partial charge in [-0.1, -0.05) is 72.8 Å². The van der Waals surface area contributed by atoms with Gasteiger partial charge in [0.25, 0.3) is 0 Å². The van der Waals surface area contributed by atoms with Gasteiger partial charge in [0.1, 0.15) is 6.04 Å². The number of hydrogen-bond donors (Lipinski definition) is 2. The second kappa shape index (κ2) is 9.34. The lowest BCUT2D eigenvalue weighted by molar-refractivity contribution is -0.141. The number of carbonyl (C=O) groups excluding carboxylic acids is 1. The van der Waals surface area contributed by atoms with Crippen molar-refractivity contribution in [2.45, 2.75) is 18.4 Å². The van der Waals surface area contributed by atoms with E-state index < -0.39 is 17.9 Å². The molecule has 2 N–H and O–H groups in total. The second-order valence-corrected chi connectivity index (χ2v) is 6.67. The van der Waals surface area contributed by atoms with Crippen LogP contribution in [0.25, 0.3) is 0 Å². The SMILES string of the molecule is N#Cc1cccc(CC(NC(=O)C(c2ccccc2)c2ccccc2)C(=O)O)c1. The lowest BCUT2D eigenvalue weighted by Gasteiger charge is -2.21. The van der Waals surface area contributed by atoms with E-state index in [0.29, 0.717) is 11.1 Å². The summed E-state index contributed by atoms with van der Waals surface area (Å²) < 4.78 is 0. The van der Waals surface area contributed by atoms with Crippen LogP contribution in [-0.2, 0) is 16.0 Å². The van der Waals surface area contributed by atoms with Crippen molar-refractivity contribution in [3.05, 3.63) is 107 Å². The third-order valence-electron chi connectivity index (χ3n) is 4.64. The molecule has 1 unspecified atom stereocenters. The average molecular weight is 384 g/mol. The van der Waals surface area contributed by atoms with Crippen molar-refractivity contribution < 1.29 is 14.7 Å². The smallest absolute Gasteiger partial charge is 0.326 e. The van der Waals surface area contributed by atoms with Crippen molar-refractivity contribution in [3.8, 4) is 6.07 Å². The molecule has 0 fully saturated rings. The monoisotopic (exact) mass is 384 g/mol. The van der Waals surface area contributed by atoms with Crippen LogP contribution in [0.3, 0.4) is 0 Å². The molecule has 0 radical (unpaired) electrons. The van der Waals surface area contributed by atoms with Crippen LogP contribution in [0.5, 0.6) is 0 Å². The molecular weight excluding hydrogens is 364 g/mol. The van der Waals surface area contributed by atoms with Crippen LogP contribution in [0.2, 0.25) is 0 Å². The van der Waals surface area contributed by atoms with Crippen molar-refractivity contribution in [3.63, 3.8) is 0 Å². The molecule has 144 valence electrons. The molecule has 5 heteroatoms. The van der Waals surface area contributed by atoms with Gasteiger partial charge in [-0.25, -0.2) is 4.79 Å². The van der Waals surface area contributed by atoms with Crippen molar-refractivity contribution in [1.29, 1.82) is 5.26 Å². The standard InChI is InChI=1S/C24H20N2O3/c25-16-18-9-7-8-17(14-18)15-21(24(28)29)26-23(27)22(19-10-3-1-4-11-19)20-12-5-2-6-13-20/h1-14,21-22H,15H2,(H,26,27)(H,28,29). The van der Waals surface area contributed by atoms with Gasteiger partial charge in [-0.15, -0.1) is 0 Å². The maximum absolute atomic E-state index is 13.1. The summed E-state index contributed by atoms with van der Waals surface area (Å²) in [4.78, 5) is 25.0. The van der Waals surface area contributed by atoms with Crippen molar-refractivity contribution in [2.75, 3.05) is 0 Å². The number of carboxylic acid groups (broad SMARTS) is 1. The quantitative estimate of drug-likeness (QED) is 0.652. The average Bonchev–Trinajstić information content (AvgIpc) is 2.75.